The third-order valence-corrected chi connectivity index (χ3v) is 3.67. The highest BCUT2D eigenvalue weighted by molar-refractivity contribution is 5.44. The summed E-state index contributed by atoms with van der Waals surface area (Å²) in [5, 5.41) is 8.36. The lowest BCUT2D eigenvalue weighted by Gasteiger charge is -2.06. The fourth-order valence-corrected chi connectivity index (χ4v) is 2.19. The zero-order valence-electron chi connectivity index (χ0n) is 12.7. The predicted molar refractivity (Wildman–Crippen MR) is 83.1 cm³/mol. The van der Waals surface area contributed by atoms with E-state index in [4.69, 9.17) is 11.0 Å². The Hall–Kier alpha value is -2.48. The number of nitrogens with two attached hydrogens (primary N) is 1. The first-order valence-electron chi connectivity index (χ1n) is 7.31. The molecular formula is C18H17F3N2. The lowest BCUT2D eigenvalue weighted by Crippen LogP contribution is -2.01. The largest absolute Gasteiger partial charge is 0.399 e. The summed E-state index contributed by atoms with van der Waals surface area (Å²) in [6, 6.07) is 9.84. The fourth-order valence-electron chi connectivity index (χ4n) is 2.19. The zero-order valence-corrected chi connectivity index (χ0v) is 12.7. The molecule has 0 radical (unpaired) electrons. The van der Waals surface area contributed by atoms with Gasteiger partial charge in [0.15, 0.2) is 11.6 Å². The van der Waals surface area contributed by atoms with Crippen LogP contribution in [-0.4, -0.2) is 0 Å². The molecule has 1 saturated carbocycles. The summed E-state index contributed by atoms with van der Waals surface area (Å²) in [5.41, 5.74) is 6.72. The summed E-state index contributed by atoms with van der Waals surface area (Å²) in [7, 11) is 0. The summed E-state index contributed by atoms with van der Waals surface area (Å²) in [4.78, 5) is 0. The van der Waals surface area contributed by atoms with Gasteiger partial charge in [-0.1, -0.05) is 6.07 Å². The van der Waals surface area contributed by atoms with Crippen LogP contribution in [0.4, 0.5) is 18.9 Å². The van der Waals surface area contributed by atoms with Crippen LogP contribution in [0.5, 0.6) is 0 Å². The van der Waals surface area contributed by atoms with Gasteiger partial charge in [-0.3, -0.25) is 0 Å². The van der Waals surface area contributed by atoms with E-state index in [0.717, 1.165) is 18.9 Å². The molecule has 0 amide bonds. The molecule has 0 aromatic heterocycles. The Balaban J connectivity index is 0.000000185. The van der Waals surface area contributed by atoms with Gasteiger partial charge in [0.1, 0.15) is 5.82 Å². The smallest absolute Gasteiger partial charge is 0.164 e. The van der Waals surface area contributed by atoms with E-state index in [2.05, 4.69) is 0 Å². The van der Waals surface area contributed by atoms with Crippen molar-refractivity contribution in [3.05, 3.63) is 64.5 Å². The first kappa shape index (κ1) is 16.9. The number of hydrogen-bond donors (Lipinski definition) is 1. The van der Waals surface area contributed by atoms with Crippen LogP contribution in [0.3, 0.4) is 0 Å². The average molecular weight is 318 g/mol. The standard InChI is InChI=1S/C11H11F3.C7H6N2/c1-6-10(13)8(4-7-2-3-7)5-9(12)11(6)14;8-5-6-2-1-3-7(9)4-6/h5,7H,2-4H2,1H3;1-4H,9H2. The van der Waals surface area contributed by atoms with Crippen LogP contribution < -0.4 is 5.73 Å². The maximum absolute atomic E-state index is 13.4. The van der Waals surface area contributed by atoms with Gasteiger partial charge in [-0.25, -0.2) is 13.2 Å². The van der Waals surface area contributed by atoms with Crippen molar-refractivity contribution in [1.82, 2.24) is 0 Å². The number of rotatable bonds is 2. The van der Waals surface area contributed by atoms with Gasteiger partial charge in [-0.15, -0.1) is 0 Å². The Morgan fingerprint density at radius 2 is 1.87 bits per heavy atom. The van der Waals surface area contributed by atoms with Crippen molar-refractivity contribution in [3.63, 3.8) is 0 Å². The third kappa shape index (κ3) is 4.49. The molecule has 120 valence electrons. The highest BCUT2D eigenvalue weighted by Crippen LogP contribution is 2.34. The van der Waals surface area contributed by atoms with E-state index in [0.29, 0.717) is 29.2 Å². The molecule has 0 bridgehead atoms. The molecule has 1 aliphatic rings. The van der Waals surface area contributed by atoms with Crippen LogP contribution >= 0.6 is 0 Å². The molecule has 2 N–H and O–H groups in total. The van der Waals surface area contributed by atoms with Gasteiger partial charge >= 0.3 is 0 Å². The van der Waals surface area contributed by atoms with E-state index >= 15 is 0 Å². The highest BCUT2D eigenvalue weighted by Gasteiger charge is 2.25. The van der Waals surface area contributed by atoms with E-state index < -0.39 is 17.5 Å². The lowest BCUT2D eigenvalue weighted by molar-refractivity contribution is 0.479. The van der Waals surface area contributed by atoms with Crippen molar-refractivity contribution < 1.29 is 13.2 Å². The van der Waals surface area contributed by atoms with Gasteiger partial charge in [-0.2, -0.15) is 5.26 Å². The topological polar surface area (TPSA) is 49.8 Å². The molecule has 23 heavy (non-hydrogen) atoms. The molecule has 0 unspecified atom stereocenters. The van der Waals surface area contributed by atoms with Crippen LogP contribution in [0.1, 0.15) is 29.5 Å². The maximum Gasteiger partial charge on any atom is 0.164 e. The first-order chi connectivity index (χ1) is 10.9. The van der Waals surface area contributed by atoms with E-state index in [1.54, 1.807) is 24.3 Å². The molecule has 2 aromatic rings. The van der Waals surface area contributed by atoms with E-state index in [1.165, 1.54) is 6.92 Å². The number of nitriles is 1. The zero-order chi connectivity index (χ0) is 17.0. The van der Waals surface area contributed by atoms with Crippen molar-refractivity contribution in [2.45, 2.75) is 26.2 Å². The van der Waals surface area contributed by atoms with Gasteiger partial charge in [0.2, 0.25) is 0 Å². The number of benzene rings is 2. The van der Waals surface area contributed by atoms with Crippen LogP contribution in [-0.2, 0) is 6.42 Å². The van der Waals surface area contributed by atoms with Gasteiger partial charge < -0.3 is 5.73 Å². The van der Waals surface area contributed by atoms with Crippen LogP contribution in [0, 0.1) is 41.6 Å². The SMILES string of the molecule is Cc1c(F)c(F)cc(CC2CC2)c1F.N#Cc1cccc(N)c1. The molecular weight excluding hydrogens is 301 g/mol. The first-order valence-corrected chi connectivity index (χ1v) is 7.31. The molecule has 1 aliphatic carbocycles. The average Bonchev–Trinajstić information content (AvgIpc) is 3.35. The van der Waals surface area contributed by atoms with Crippen molar-refractivity contribution in [3.8, 4) is 6.07 Å². The summed E-state index contributed by atoms with van der Waals surface area (Å²) >= 11 is 0. The normalized spacial score (nSPS) is 13.0. The Bertz CT molecular complexity index is 747. The predicted octanol–water partition coefficient (Wildman–Crippen LogP) is 4.51. The van der Waals surface area contributed by atoms with Gasteiger partial charge in [0, 0.05) is 11.3 Å². The number of nitrogen functional groups attached to an aromatic ring is 1. The molecule has 0 saturated heterocycles. The molecule has 1 fully saturated rings. The van der Waals surface area contributed by atoms with E-state index in [9.17, 15) is 13.2 Å². The fraction of sp³-hybridized carbons (Fsp3) is 0.278. The monoisotopic (exact) mass is 318 g/mol. The minimum atomic E-state index is -1.07. The molecule has 0 spiro atoms. The number of nitrogens with zero attached hydrogens (tertiary/aromatic N) is 1. The van der Waals surface area contributed by atoms with E-state index in [1.807, 2.05) is 6.07 Å². The van der Waals surface area contributed by atoms with Crippen molar-refractivity contribution >= 4 is 5.69 Å². The lowest BCUT2D eigenvalue weighted by atomic mass is 10.0. The Labute approximate surface area is 133 Å². The third-order valence-electron chi connectivity index (χ3n) is 3.67. The summed E-state index contributed by atoms with van der Waals surface area (Å²) < 4.78 is 39.3. The molecule has 0 atom stereocenters. The number of anilines is 1. The second-order valence-corrected chi connectivity index (χ2v) is 5.66. The van der Waals surface area contributed by atoms with Gasteiger partial charge in [0.25, 0.3) is 0 Å². The Kier molecular flexibility index (Phi) is 5.28. The van der Waals surface area contributed by atoms with Crippen molar-refractivity contribution in [1.29, 1.82) is 5.26 Å². The van der Waals surface area contributed by atoms with Crippen LogP contribution in [0.15, 0.2) is 30.3 Å². The minimum Gasteiger partial charge on any atom is -0.399 e. The second-order valence-electron chi connectivity index (χ2n) is 5.66. The number of halogens is 3. The van der Waals surface area contributed by atoms with Gasteiger partial charge in [-0.05, 0) is 61.9 Å². The van der Waals surface area contributed by atoms with Crippen molar-refractivity contribution in [2.75, 3.05) is 5.73 Å². The van der Waals surface area contributed by atoms with Gasteiger partial charge in [0.05, 0.1) is 11.6 Å². The maximum atomic E-state index is 13.4. The quantitative estimate of drug-likeness (QED) is 0.654. The number of hydrogen-bond acceptors (Lipinski definition) is 2. The van der Waals surface area contributed by atoms with Crippen molar-refractivity contribution in [2.24, 2.45) is 5.92 Å². The summed E-state index contributed by atoms with van der Waals surface area (Å²) in [6.07, 6.45) is 2.67. The van der Waals surface area contributed by atoms with Crippen LogP contribution in [0.2, 0.25) is 0 Å². The molecule has 5 heteroatoms. The molecule has 3 rings (SSSR count). The molecule has 2 aromatic carbocycles. The summed E-state index contributed by atoms with van der Waals surface area (Å²) in [6.45, 7) is 1.27. The summed E-state index contributed by atoms with van der Waals surface area (Å²) in [5.74, 6) is -2.13. The molecule has 0 heterocycles. The Morgan fingerprint density at radius 1 is 1.17 bits per heavy atom. The van der Waals surface area contributed by atoms with E-state index in [-0.39, 0.29) is 5.56 Å². The second kappa shape index (κ2) is 7.19. The molecule has 2 nitrogen and oxygen atoms in total. The minimum absolute atomic E-state index is 0.208. The Morgan fingerprint density at radius 3 is 2.39 bits per heavy atom. The molecule has 0 aliphatic heterocycles. The highest BCUT2D eigenvalue weighted by atomic mass is 19.2. The van der Waals surface area contributed by atoms with Crippen LogP contribution in [0.25, 0.3) is 0 Å².